The molecule has 0 bridgehead atoms. The summed E-state index contributed by atoms with van der Waals surface area (Å²) in [6, 6.07) is 31.9. The SMILES string of the molecule is COc1cc(C=NNC(=O)CSc2nnc(-c3ccccc3)n2-c2ccccc2)ccc1OC(=O)c1sc2ccccc2c1Cl. The van der Waals surface area contributed by atoms with Gasteiger partial charge < -0.3 is 9.47 Å². The molecule has 0 saturated heterocycles. The van der Waals surface area contributed by atoms with Crippen molar-refractivity contribution < 1.29 is 19.1 Å². The number of esters is 1. The Morgan fingerprint density at radius 3 is 2.44 bits per heavy atom. The number of aromatic nitrogens is 3. The first kappa shape index (κ1) is 30.1. The van der Waals surface area contributed by atoms with E-state index in [9.17, 15) is 9.59 Å². The van der Waals surface area contributed by atoms with E-state index in [4.69, 9.17) is 21.1 Å². The summed E-state index contributed by atoms with van der Waals surface area (Å²) in [4.78, 5) is 25.9. The number of amides is 1. The summed E-state index contributed by atoms with van der Waals surface area (Å²) in [7, 11) is 1.47. The number of thioether (sulfide) groups is 1. The summed E-state index contributed by atoms with van der Waals surface area (Å²) >= 11 is 8.95. The largest absolute Gasteiger partial charge is 0.493 e. The quantitative estimate of drug-likeness (QED) is 0.0545. The van der Waals surface area contributed by atoms with Gasteiger partial charge in [0.2, 0.25) is 0 Å². The molecule has 0 radical (unpaired) electrons. The first-order valence-electron chi connectivity index (χ1n) is 13.6. The van der Waals surface area contributed by atoms with Crippen LogP contribution in [0.1, 0.15) is 15.2 Å². The number of benzene rings is 4. The van der Waals surface area contributed by atoms with Crippen LogP contribution in [-0.4, -0.2) is 45.7 Å². The normalized spacial score (nSPS) is 11.2. The minimum absolute atomic E-state index is 0.0651. The first-order valence-corrected chi connectivity index (χ1v) is 15.8. The minimum Gasteiger partial charge on any atom is -0.493 e. The Balaban J connectivity index is 1.09. The molecule has 9 nitrogen and oxygen atoms in total. The van der Waals surface area contributed by atoms with Gasteiger partial charge in [0.15, 0.2) is 22.5 Å². The fourth-order valence-electron chi connectivity index (χ4n) is 4.43. The molecule has 0 unspecified atom stereocenters. The van der Waals surface area contributed by atoms with Crippen molar-refractivity contribution in [2.24, 2.45) is 5.10 Å². The number of fused-ring (bicyclic) bond motifs is 1. The Morgan fingerprint density at radius 2 is 1.69 bits per heavy atom. The van der Waals surface area contributed by atoms with Crippen LogP contribution in [0.25, 0.3) is 27.2 Å². The topological polar surface area (TPSA) is 108 Å². The van der Waals surface area contributed by atoms with E-state index in [0.717, 1.165) is 21.3 Å². The van der Waals surface area contributed by atoms with Crippen molar-refractivity contribution in [3.05, 3.63) is 119 Å². The Kier molecular flexibility index (Phi) is 9.20. The molecule has 0 aliphatic rings. The summed E-state index contributed by atoms with van der Waals surface area (Å²) in [5.41, 5.74) is 4.96. The molecule has 6 aromatic rings. The third kappa shape index (κ3) is 6.75. The number of carbonyl (C=O) groups is 2. The van der Waals surface area contributed by atoms with E-state index in [1.54, 1.807) is 18.2 Å². The van der Waals surface area contributed by atoms with Crippen LogP contribution < -0.4 is 14.9 Å². The molecular formula is C33H24ClN5O4S2. The van der Waals surface area contributed by atoms with E-state index in [0.29, 0.717) is 32.2 Å². The number of nitrogens with zero attached hydrogens (tertiary/aromatic N) is 4. The molecule has 2 aromatic heterocycles. The van der Waals surface area contributed by atoms with Crippen LogP contribution in [-0.2, 0) is 4.79 Å². The second kappa shape index (κ2) is 13.8. The summed E-state index contributed by atoms with van der Waals surface area (Å²) < 4.78 is 13.9. The molecule has 45 heavy (non-hydrogen) atoms. The third-order valence-electron chi connectivity index (χ3n) is 6.53. The van der Waals surface area contributed by atoms with Crippen molar-refractivity contribution in [1.82, 2.24) is 20.2 Å². The van der Waals surface area contributed by atoms with Crippen LogP contribution in [0, 0.1) is 0 Å². The predicted octanol–water partition coefficient (Wildman–Crippen LogP) is 7.27. The first-order chi connectivity index (χ1) is 22.0. The molecule has 4 aromatic carbocycles. The highest BCUT2D eigenvalue weighted by Gasteiger charge is 2.21. The molecule has 224 valence electrons. The number of hydrogen-bond donors (Lipinski definition) is 1. The lowest BCUT2D eigenvalue weighted by Gasteiger charge is -2.10. The lowest BCUT2D eigenvalue weighted by Crippen LogP contribution is -2.20. The van der Waals surface area contributed by atoms with Gasteiger partial charge >= 0.3 is 5.97 Å². The van der Waals surface area contributed by atoms with Gasteiger partial charge in [0.1, 0.15) is 4.88 Å². The molecular weight excluding hydrogens is 630 g/mol. The van der Waals surface area contributed by atoms with Crippen LogP contribution >= 0.6 is 34.7 Å². The molecule has 0 saturated carbocycles. The highest BCUT2D eigenvalue weighted by Crippen LogP contribution is 2.37. The van der Waals surface area contributed by atoms with Gasteiger partial charge in [-0.25, -0.2) is 10.2 Å². The average molecular weight is 654 g/mol. The molecule has 12 heteroatoms. The highest BCUT2D eigenvalue weighted by atomic mass is 35.5. The lowest BCUT2D eigenvalue weighted by molar-refractivity contribution is -0.118. The van der Waals surface area contributed by atoms with Gasteiger partial charge in [0, 0.05) is 21.3 Å². The number of para-hydroxylation sites is 1. The van der Waals surface area contributed by atoms with Gasteiger partial charge in [0.25, 0.3) is 5.91 Å². The number of hydrazone groups is 1. The van der Waals surface area contributed by atoms with Crippen LogP contribution in [0.4, 0.5) is 0 Å². The van der Waals surface area contributed by atoms with E-state index in [1.807, 2.05) is 89.5 Å². The number of carbonyl (C=O) groups excluding carboxylic acids is 2. The molecule has 1 N–H and O–H groups in total. The van der Waals surface area contributed by atoms with E-state index in [1.165, 1.54) is 36.4 Å². The van der Waals surface area contributed by atoms with Gasteiger partial charge in [-0.2, -0.15) is 5.10 Å². The predicted molar refractivity (Wildman–Crippen MR) is 178 cm³/mol. The molecule has 6 rings (SSSR count). The zero-order valence-electron chi connectivity index (χ0n) is 23.7. The maximum Gasteiger partial charge on any atom is 0.355 e. The lowest BCUT2D eigenvalue weighted by atomic mass is 10.2. The summed E-state index contributed by atoms with van der Waals surface area (Å²) in [6.45, 7) is 0. The highest BCUT2D eigenvalue weighted by molar-refractivity contribution is 7.99. The monoisotopic (exact) mass is 653 g/mol. The van der Waals surface area contributed by atoms with E-state index < -0.39 is 5.97 Å². The third-order valence-corrected chi connectivity index (χ3v) is 9.11. The summed E-state index contributed by atoms with van der Waals surface area (Å²) in [6.07, 6.45) is 1.47. The number of thiophene rings is 1. The minimum atomic E-state index is -0.579. The smallest absolute Gasteiger partial charge is 0.355 e. The van der Waals surface area contributed by atoms with Crippen LogP contribution in [0.5, 0.6) is 11.5 Å². The van der Waals surface area contributed by atoms with Crippen molar-refractivity contribution in [1.29, 1.82) is 0 Å². The van der Waals surface area contributed by atoms with Crippen molar-refractivity contribution in [2.75, 3.05) is 12.9 Å². The fourth-order valence-corrected chi connectivity index (χ4v) is 6.56. The molecule has 0 atom stereocenters. The zero-order valence-corrected chi connectivity index (χ0v) is 26.1. The van der Waals surface area contributed by atoms with Gasteiger partial charge in [-0.1, -0.05) is 90.1 Å². The average Bonchev–Trinajstić information content (AvgIpc) is 3.66. The molecule has 1 amide bonds. The van der Waals surface area contributed by atoms with E-state index in [-0.39, 0.29) is 17.4 Å². The fraction of sp³-hybridized carbons (Fsp3) is 0.0606. The van der Waals surface area contributed by atoms with Gasteiger partial charge in [-0.15, -0.1) is 21.5 Å². The molecule has 0 aliphatic carbocycles. The molecule has 0 aliphatic heterocycles. The number of halogens is 1. The van der Waals surface area contributed by atoms with Crippen LogP contribution in [0.3, 0.4) is 0 Å². The summed E-state index contributed by atoms with van der Waals surface area (Å²) in [5.74, 6) is 0.391. The molecule has 0 spiro atoms. The zero-order chi connectivity index (χ0) is 31.2. The number of methoxy groups -OCH3 is 1. The Bertz CT molecular complexity index is 2010. The van der Waals surface area contributed by atoms with Gasteiger partial charge in [0.05, 0.1) is 24.1 Å². The number of rotatable bonds is 10. The van der Waals surface area contributed by atoms with E-state index >= 15 is 0 Å². The second-order valence-corrected chi connectivity index (χ2v) is 11.8. The van der Waals surface area contributed by atoms with Crippen molar-refractivity contribution in [2.45, 2.75) is 5.16 Å². The Labute approximate surface area is 271 Å². The van der Waals surface area contributed by atoms with Crippen molar-refractivity contribution in [3.8, 4) is 28.6 Å². The maximum absolute atomic E-state index is 12.9. The summed E-state index contributed by atoms with van der Waals surface area (Å²) in [5, 5.41) is 14.6. The molecule has 2 heterocycles. The Morgan fingerprint density at radius 1 is 0.956 bits per heavy atom. The number of nitrogens with one attached hydrogen (secondary N) is 1. The number of hydrogen-bond acceptors (Lipinski definition) is 9. The Hall–Kier alpha value is -4.97. The van der Waals surface area contributed by atoms with Gasteiger partial charge in [-0.3, -0.25) is 9.36 Å². The van der Waals surface area contributed by atoms with Crippen molar-refractivity contribution >= 4 is 62.9 Å². The number of ether oxygens (including phenoxy) is 2. The standard InChI is InChI=1S/C33H24ClN5O4S2/c1-42-26-18-21(16-17-25(26)43-32(41)30-29(34)24-14-8-9-15-27(24)45-30)19-35-36-28(40)20-44-33-38-37-31(22-10-4-2-5-11-22)39(33)23-12-6-3-7-13-23/h2-19H,20H2,1H3,(H,36,40). The van der Waals surface area contributed by atoms with Crippen molar-refractivity contribution in [3.63, 3.8) is 0 Å². The van der Waals surface area contributed by atoms with Crippen LogP contribution in [0.15, 0.2) is 113 Å². The second-order valence-electron chi connectivity index (χ2n) is 9.47. The van der Waals surface area contributed by atoms with E-state index in [2.05, 4.69) is 20.7 Å². The van der Waals surface area contributed by atoms with Gasteiger partial charge in [-0.05, 0) is 42.0 Å². The van der Waals surface area contributed by atoms with Crippen LogP contribution in [0.2, 0.25) is 5.02 Å². The maximum atomic E-state index is 12.9. The molecule has 0 fully saturated rings.